The van der Waals surface area contributed by atoms with E-state index in [9.17, 15) is 13.6 Å². The number of carbonyl (C=O) groups is 1. The highest BCUT2D eigenvalue weighted by Crippen LogP contribution is 2.18. The zero-order chi connectivity index (χ0) is 11.5. The molecule has 1 aromatic carbocycles. The number of hydrogen-bond donors (Lipinski definition) is 1. The fourth-order valence-electron chi connectivity index (χ4n) is 1.36. The van der Waals surface area contributed by atoms with Crippen LogP contribution in [0.15, 0.2) is 18.2 Å². The van der Waals surface area contributed by atoms with Crippen LogP contribution in [0.5, 0.6) is 0 Å². The third kappa shape index (κ3) is 2.44. The molecule has 0 aromatic heterocycles. The van der Waals surface area contributed by atoms with E-state index in [1.54, 1.807) is 16.7 Å². The van der Waals surface area contributed by atoms with Crippen molar-refractivity contribution in [1.29, 1.82) is 0 Å². The van der Waals surface area contributed by atoms with Gasteiger partial charge >= 0.3 is 6.03 Å². The summed E-state index contributed by atoms with van der Waals surface area (Å²) >= 11 is 1.63. The molecule has 1 heterocycles. The Hall–Kier alpha value is -1.30. The van der Waals surface area contributed by atoms with Gasteiger partial charge < -0.3 is 10.2 Å². The van der Waals surface area contributed by atoms with Gasteiger partial charge in [0.2, 0.25) is 0 Å². The smallest absolute Gasteiger partial charge is 0.314 e. The average Bonchev–Trinajstić information content (AvgIpc) is 2.76. The number of amides is 2. The number of nitrogens with one attached hydrogen (secondary N) is 1. The maximum atomic E-state index is 13.2. The molecule has 1 fully saturated rings. The number of benzene rings is 1. The SMILES string of the molecule is O=C(Nc1cc(F)ccc1F)N1CCSC1. The third-order valence-electron chi connectivity index (χ3n) is 2.21. The molecule has 0 spiro atoms. The molecular weight excluding hydrogens is 234 g/mol. The van der Waals surface area contributed by atoms with Crippen LogP contribution >= 0.6 is 11.8 Å². The zero-order valence-corrected chi connectivity index (χ0v) is 9.19. The van der Waals surface area contributed by atoms with Crippen molar-refractivity contribution in [3.8, 4) is 0 Å². The lowest BCUT2D eigenvalue weighted by molar-refractivity contribution is 0.225. The highest BCUT2D eigenvalue weighted by molar-refractivity contribution is 7.99. The quantitative estimate of drug-likeness (QED) is 0.823. The van der Waals surface area contributed by atoms with E-state index >= 15 is 0 Å². The number of thioether (sulfide) groups is 1. The minimum Gasteiger partial charge on any atom is -0.314 e. The van der Waals surface area contributed by atoms with Crippen molar-refractivity contribution >= 4 is 23.5 Å². The number of anilines is 1. The molecule has 1 saturated heterocycles. The summed E-state index contributed by atoms with van der Waals surface area (Å²) in [6.45, 7) is 0.632. The zero-order valence-electron chi connectivity index (χ0n) is 8.37. The van der Waals surface area contributed by atoms with Crippen molar-refractivity contribution in [3.63, 3.8) is 0 Å². The summed E-state index contributed by atoms with van der Waals surface area (Å²) in [5.74, 6) is 0.246. The van der Waals surface area contributed by atoms with Crippen molar-refractivity contribution in [1.82, 2.24) is 4.90 Å². The van der Waals surface area contributed by atoms with Crippen LogP contribution in [0.3, 0.4) is 0 Å². The minimum absolute atomic E-state index is 0.123. The molecule has 0 aliphatic carbocycles. The Morgan fingerprint density at radius 3 is 2.94 bits per heavy atom. The molecule has 86 valence electrons. The van der Waals surface area contributed by atoms with Crippen molar-refractivity contribution in [2.24, 2.45) is 0 Å². The van der Waals surface area contributed by atoms with Crippen LogP contribution in [-0.2, 0) is 0 Å². The Morgan fingerprint density at radius 2 is 2.25 bits per heavy atom. The van der Waals surface area contributed by atoms with Gasteiger partial charge in [-0.1, -0.05) is 0 Å². The first-order valence-corrected chi connectivity index (χ1v) is 5.91. The summed E-state index contributed by atoms with van der Waals surface area (Å²) in [6, 6.07) is 2.58. The standard InChI is InChI=1S/C10H10F2N2OS/c11-7-1-2-8(12)9(5-7)13-10(15)14-3-4-16-6-14/h1-2,5H,3-4,6H2,(H,13,15). The van der Waals surface area contributed by atoms with Crippen molar-refractivity contribution in [2.75, 3.05) is 23.5 Å². The molecule has 3 nitrogen and oxygen atoms in total. The fourth-order valence-corrected chi connectivity index (χ4v) is 2.31. The molecule has 0 unspecified atom stereocenters. The second-order valence-corrected chi connectivity index (χ2v) is 4.43. The van der Waals surface area contributed by atoms with E-state index in [4.69, 9.17) is 0 Å². The maximum Gasteiger partial charge on any atom is 0.322 e. The van der Waals surface area contributed by atoms with Gasteiger partial charge in [0.05, 0.1) is 11.6 Å². The molecule has 1 N–H and O–H groups in total. The summed E-state index contributed by atoms with van der Waals surface area (Å²) in [5.41, 5.74) is -0.123. The average molecular weight is 244 g/mol. The fraction of sp³-hybridized carbons (Fsp3) is 0.300. The van der Waals surface area contributed by atoms with Gasteiger partial charge in [0.15, 0.2) is 0 Å². The Morgan fingerprint density at radius 1 is 1.44 bits per heavy atom. The van der Waals surface area contributed by atoms with E-state index in [0.717, 1.165) is 24.0 Å². The van der Waals surface area contributed by atoms with Gasteiger partial charge in [0, 0.05) is 18.4 Å². The van der Waals surface area contributed by atoms with Gasteiger partial charge in [0.25, 0.3) is 0 Å². The van der Waals surface area contributed by atoms with Gasteiger partial charge in [-0.15, -0.1) is 11.8 Å². The van der Waals surface area contributed by atoms with E-state index in [0.29, 0.717) is 12.4 Å². The molecule has 0 bridgehead atoms. The summed E-state index contributed by atoms with van der Waals surface area (Å²) in [5, 5.41) is 2.35. The summed E-state index contributed by atoms with van der Waals surface area (Å²) < 4.78 is 26.1. The Kier molecular flexibility index (Phi) is 3.28. The number of nitrogens with zero attached hydrogens (tertiary/aromatic N) is 1. The van der Waals surface area contributed by atoms with Gasteiger partial charge in [0.1, 0.15) is 11.6 Å². The van der Waals surface area contributed by atoms with Crippen LogP contribution < -0.4 is 5.32 Å². The second-order valence-electron chi connectivity index (χ2n) is 3.36. The first-order valence-electron chi connectivity index (χ1n) is 4.75. The predicted molar refractivity (Wildman–Crippen MR) is 59.4 cm³/mol. The molecule has 1 aromatic rings. The Labute approximate surface area is 95.8 Å². The van der Waals surface area contributed by atoms with Crippen LogP contribution in [0.1, 0.15) is 0 Å². The molecule has 0 radical (unpaired) electrons. The third-order valence-corrected chi connectivity index (χ3v) is 3.18. The van der Waals surface area contributed by atoms with Crippen molar-refractivity contribution < 1.29 is 13.6 Å². The number of urea groups is 1. The second kappa shape index (κ2) is 4.69. The molecule has 0 saturated carbocycles. The molecule has 1 aliphatic rings. The molecule has 16 heavy (non-hydrogen) atoms. The largest absolute Gasteiger partial charge is 0.322 e. The monoisotopic (exact) mass is 244 g/mol. The van der Waals surface area contributed by atoms with Crippen LogP contribution in [0, 0.1) is 11.6 Å². The number of halogens is 2. The highest BCUT2D eigenvalue weighted by Gasteiger charge is 2.19. The summed E-state index contributed by atoms with van der Waals surface area (Å²) in [7, 11) is 0. The van der Waals surface area contributed by atoms with Gasteiger partial charge in [-0.2, -0.15) is 0 Å². The number of hydrogen-bond acceptors (Lipinski definition) is 2. The van der Waals surface area contributed by atoms with E-state index in [1.807, 2.05) is 0 Å². The van der Waals surface area contributed by atoms with Crippen LogP contribution in [-0.4, -0.2) is 29.1 Å². The highest BCUT2D eigenvalue weighted by atomic mass is 32.2. The lowest BCUT2D eigenvalue weighted by Gasteiger charge is -2.15. The molecule has 6 heteroatoms. The first kappa shape index (κ1) is 11.2. The maximum absolute atomic E-state index is 13.2. The summed E-state index contributed by atoms with van der Waals surface area (Å²) in [4.78, 5) is 13.1. The molecule has 0 atom stereocenters. The van der Waals surface area contributed by atoms with E-state index in [2.05, 4.69) is 5.32 Å². The molecule has 2 amide bonds. The summed E-state index contributed by atoms with van der Waals surface area (Å²) in [6.07, 6.45) is 0. The number of carbonyl (C=O) groups excluding carboxylic acids is 1. The van der Waals surface area contributed by atoms with Gasteiger partial charge in [-0.25, -0.2) is 13.6 Å². The predicted octanol–water partition coefficient (Wildman–Crippen LogP) is 2.50. The topological polar surface area (TPSA) is 32.3 Å². The van der Waals surface area contributed by atoms with Crippen LogP contribution in [0.4, 0.5) is 19.3 Å². The Balaban J connectivity index is 2.07. The van der Waals surface area contributed by atoms with Crippen LogP contribution in [0.2, 0.25) is 0 Å². The van der Waals surface area contributed by atoms with Crippen molar-refractivity contribution in [3.05, 3.63) is 29.8 Å². The molecule has 1 aliphatic heterocycles. The lowest BCUT2D eigenvalue weighted by atomic mass is 10.3. The van der Waals surface area contributed by atoms with E-state index in [-0.39, 0.29) is 5.69 Å². The minimum atomic E-state index is -0.637. The van der Waals surface area contributed by atoms with Gasteiger partial charge in [-0.05, 0) is 12.1 Å². The Bertz CT molecular complexity index is 408. The van der Waals surface area contributed by atoms with Crippen molar-refractivity contribution in [2.45, 2.75) is 0 Å². The molecule has 2 rings (SSSR count). The number of rotatable bonds is 1. The van der Waals surface area contributed by atoms with Crippen LogP contribution in [0.25, 0.3) is 0 Å². The van der Waals surface area contributed by atoms with E-state index in [1.165, 1.54) is 0 Å². The van der Waals surface area contributed by atoms with E-state index < -0.39 is 17.7 Å². The lowest BCUT2D eigenvalue weighted by Crippen LogP contribution is -2.32. The molecular formula is C10H10F2N2OS. The van der Waals surface area contributed by atoms with Gasteiger partial charge in [-0.3, -0.25) is 0 Å². The normalized spacial score (nSPS) is 15.2. The first-order chi connectivity index (χ1) is 7.66.